The number of rotatable bonds is 2. The van der Waals surface area contributed by atoms with Crippen LogP contribution in [-0.4, -0.2) is 4.98 Å². The molecule has 0 fully saturated rings. The summed E-state index contributed by atoms with van der Waals surface area (Å²) in [6.45, 7) is 0. The Hall–Kier alpha value is -1.04. The fraction of sp³-hybridized carbons (Fsp3) is 0.0714. The number of alkyl halides is 1. The van der Waals surface area contributed by atoms with E-state index in [-0.39, 0.29) is 4.83 Å². The summed E-state index contributed by atoms with van der Waals surface area (Å²) in [6.07, 6.45) is 0. The number of nitrogens with one attached hydrogen (secondary N) is 1. The van der Waals surface area contributed by atoms with Gasteiger partial charge in [-0.2, -0.15) is 0 Å². The summed E-state index contributed by atoms with van der Waals surface area (Å²) in [6, 6.07) is 11.2. The summed E-state index contributed by atoms with van der Waals surface area (Å²) < 4.78 is 6.03. The molecule has 1 atom stereocenters. The molecule has 0 aliphatic carbocycles. The van der Waals surface area contributed by atoms with Gasteiger partial charge in [-0.1, -0.05) is 49.5 Å². The Morgan fingerprint density at radius 3 is 2.80 bits per heavy atom. The summed E-state index contributed by atoms with van der Waals surface area (Å²) in [5.41, 5.74) is 3.11. The number of oxazole rings is 1. The highest BCUT2D eigenvalue weighted by Gasteiger charge is 2.15. The summed E-state index contributed by atoms with van der Waals surface area (Å²) >= 11 is 13.3. The van der Waals surface area contributed by atoms with Gasteiger partial charge >= 0.3 is 5.76 Å². The Labute approximate surface area is 136 Å². The molecule has 0 saturated heterocycles. The molecule has 0 amide bonds. The molecule has 20 heavy (non-hydrogen) atoms. The maximum absolute atomic E-state index is 11.2. The van der Waals surface area contributed by atoms with Gasteiger partial charge in [-0.3, -0.25) is 4.98 Å². The normalized spacial score (nSPS) is 12.8. The molecule has 102 valence electrons. The van der Waals surface area contributed by atoms with Crippen molar-refractivity contribution in [1.82, 2.24) is 4.98 Å². The molecule has 2 aromatic carbocycles. The Morgan fingerprint density at radius 2 is 2.00 bits per heavy atom. The Balaban J connectivity index is 2.09. The number of halogens is 3. The largest absolute Gasteiger partial charge is 0.417 e. The minimum Gasteiger partial charge on any atom is -0.408 e. The van der Waals surface area contributed by atoms with E-state index < -0.39 is 5.76 Å². The lowest BCUT2D eigenvalue weighted by molar-refractivity contribution is 0.555. The predicted molar refractivity (Wildman–Crippen MR) is 86.8 cm³/mol. The maximum atomic E-state index is 11.2. The number of benzene rings is 2. The van der Waals surface area contributed by atoms with Crippen LogP contribution in [0.1, 0.15) is 16.0 Å². The van der Waals surface area contributed by atoms with Gasteiger partial charge in [-0.15, -0.1) is 0 Å². The van der Waals surface area contributed by atoms with Crippen LogP contribution in [0.15, 0.2) is 50.1 Å². The molecule has 3 aromatic rings. The second-order valence-corrected chi connectivity index (χ2v) is 6.54. The molecule has 3 nitrogen and oxygen atoms in total. The third-order valence-electron chi connectivity index (χ3n) is 2.97. The first kappa shape index (κ1) is 13.9. The molecule has 1 heterocycles. The van der Waals surface area contributed by atoms with Crippen LogP contribution in [-0.2, 0) is 0 Å². The molecule has 0 saturated carbocycles. The van der Waals surface area contributed by atoms with Crippen LogP contribution in [0.25, 0.3) is 11.1 Å². The third kappa shape index (κ3) is 2.57. The number of aromatic amines is 1. The van der Waals surface area contributed by atoms with Crippen LogP contribution in [0.3, 0.4) is 0 Å². The van der Waals surface area contributed by atoms with Gasteiger partial charge in [-0.05, 0) is 41.5 Å². The van der Waals surface area contributed by atoms with E-state index in [9.17, 15) is 4.79 Å². The van der Waals surface area contributed by atoms with Crippen LogP contribution in [0.4, 0.5) is 0 Å². The summed E-state index contributed by atoms with van der Waals surface area (Å²) in [7, 11) is 0. The lowest BCUT2D eigenvalue weighted by atomic mass is 10.0. The molecular formula is C14H8Br2ClNO2. The van der Waals surface area contributed by atoms with Crippen molar-refractivity contribution < 1.29 is 4.42 Å². The molecule has 0 aliphatic heterocycles. The van der Waals surface area contributed by atoms with Gasteiger partial charge in [0.2, 0.25) is 0 Å². The maximum Gasteiger partial charge on any atom is 0.417 e. The molecule has 6 heteroatoms. The number of aromatic nitrogens is 1. The Bertz CT molecular complexity index is 841. The highest BCUT2D eigenvalue weighted by atomic mass is 79.9. The zero-order chi connectivity index (χ0) is 14.3. The van der Waals surface area contributed by atoms with Crippen molar-refractivity contribution in [1.29, 1.82) is 0 Å². The summed E-state index contributed by atoms with van der Waals surface area (Å²) in [5, 5.41) is 0.672. The van der Waals surface area contributed by atoms with Gasteiger partial charge in [0.25, 0.3) is 0 Å². The Kier molecular flexibility index (Phi) is 3.75. The zero-order valence-corrected chi connectivity index (χ0v) is 13.9. The van der Waals surface area contributed by atoms with Crippen molar-refractivity contribution in [3.8, 4) is 0 Å². The molecule has 0 radical (unpaired) electrons. The predicted octanol–water partition coefficient (Wildman–Crippen LogP) is 5.02. The van der Waals surface area contributed by atoms with E-state index in [0.717, 1.165) is 15.6 Å². The molecule has 3 rings (SSSR count). The first-order chi connectivity index (χ1) is 9.54. The van der Waals surface area contributed by atoms with E-state index in [1.165, 1.54) is 0 Å². The number of fused-ring (bicyclic) bond motifs is 1. The fourth-order valence-corrected chi connectivity index (χ4v) is 3.41. The van der Waals surface area contributed by atoms with Crippen molar-refractivity contribution in [2.75, 3.05) is 0 Å². The van der Waals surface area contributed by atoms with Crippen LogP contribution in [0.2, 0.25) is 5.02 Å². The number of H-pyrrole nitrogens is 1. The fourth-order valence-electron chi connectivity index (χ4n) is 2.01. The van der Waals surface area contributed by atoms with Crippen LogP contribution in [0, 0.1) is 0 Å². The van der Waals surface area contributed by atoms with Crippen molar-refractivity contribution in [3.63, 3.8) is 0 Å². The average molecular weight is 417 g/mol. The zero-order valence-electron chi connectivity index (χ0n) is 9.99. The van der Waals surface area contributed by atoms with Crippen molar-refractivity contribution in [3.05, 3.63) is 67.6 Å². The monoisotopic (exact) mass is 415 g/mol. The quantitative estimate of drug-likeness (QED) is 0.595. The van der Waals surface area contributed by atoms with Gasteiger partial charge in [0.1, 0.15) is 0 Å². The molecular weight excluding hydrogens is 409 g/mol. The SMILES string of the molecule is O=c1[nH]c2ccc(C(Br)c3cc(Br)ccc3Cl)cc2o1. The van der Waals surface area contributed by atoms with E-state index in [2.05, 4.69) is 36.8 Å². The first-order valence-corrected chi connectivity index (χ1v) is 7.85. The molecule has 1 N–H and O–H groups in total. The lowest BCUT2D eigenvalue weighted by Gasteiger charge is -2.13. The molecule has 0 bridgehead atoms. The number of hydrogen-bond donors (Lipinski definition) is 1. The second-order valence-electron chi connectivity index (χ2n) is 4.30. The standard InChI is InChI=1S/C14H8Br2ClNO2/c15-8-2-3-10(17)9(6-8)13(16)7-1-4-11-12(5-7)20-14(19)18-11/h1-6,13H,(H,18,19). The summed E-state index contributed by atoms with van der Waals surface area (Å²) in [5.74, 6) is -0.455. The minimum absolute atomic E-state index is 0.0860. The van der Waals surface area contributed by atoms with Crippen LogP contribution < -0.4 is 5.76 Å². The lowest BCUT2D eigenvalue weighted by Crippen LogP contribution is -1.94. The van der Waals surface area contributed by atoms with Crippen molar-refractivity contribution in [2.24, 2.45) is 0 Å². The van der Waals surface area contributed by atoms with Gasteiger partial charge in [0, 0.05) is 9.50 Å². The Morgan fingerprint density at radius 1 is 1.20 bits per heavy atom. The average Bonchev–Trinajstić information content (AvgIpc) is 2.79. The van der Waals surface area contributed by atoms with Crippen molar-refractivity contribution >= 4 is 54.6 Å². The highest BCUT2D eigenvalue weighted by Crippen LogP contribution is 2.37. The van der Waals surface area contributed by atoms with E-state index >= 15 is 0 Å². The van der Waals surface area contributed by atoms with Gasteiger partial charge in [-0.25, -0.2) is 4.79 Å². The van der Waals surface area contributed by atoms with Gasteiger partial charge in [0.05, 0.1) is 10.3 Å². The van der Waals surface area contributed by atoms with E-state index in [1.54, 1.807) is 0 Å². The van der Waals surface area contributed by atoms with Gasteiger partial charge in [0.15, 0.2) is 5.58 Å². The van der Waals surface area contributed by atoms with Crippen molar-refractivity contribution in [2.45, 2.75) is 4.83 Å². The molecule has 0 aliphatic rings. The number of hydrogen-bond acceptors (Lipinski definition) is 2. The third-order valence-corrected chi connectivity index (χ3v) is 4.83. The van der Waals surface area contributed by atoms with Gasteiger partial charge < -0.3 is 4.42 Å². The van der Waals surface area contributed by atoms with Crippen LogP contribution >= 0.6 is 43.5 Å². The first-order valence-electron chi connectivity index (χ1n) is 5.76. The van der Waals surface area contributed by atoms with E-state index in [1.807, 2.05) is 36.4 Å². The topological polar surface area (TPSA) is 46.0 Å². The van der Waals surface area contributed by atoms with E-state index in [0.29, 0.717) is 16.1 Å². The molecule has 0 spiro atoms. The molecule has 1 aromatic heterocycles. The summed E-state index contributed by atoms with van der Waals surface area (Å²) in [4.78, 5) is 13.7. The smallest absolute Gasteiger partial charge is 0.408 e. The van der Waals surface area contributed by atoms with Crippen LogP contribution in [0.5, 0.6) is 0 Å². The van der Waals surface area contributed by atoms with E-state index in [4.69, 9.17) is 16.0 Å². The highest BCUT2D eigenvalue weighted by molar-refractivity contribution is 9.10. The minimum atomic E-state index is -0.455. The second kappa shape index (κ2) is 5.39. The molecule has 1 unspecified atom stereocenters.